The SMILES string of the molecule is CC(N)C1(c2ccc3c(c2F)OCCCO3)CC1. The van der Waals surface area contributed by atoms with Gasteiger partial charge in [-0.15, -0.1) is 0 Å². The Morgan fingerprint density at radius 3 is 2.67 bits per heavy atom. The summed E-state index contributed by atoms with van der Waals surface area (Å²) in [5, 5.41) is 0. The standard InChI is InChI=1S/C14H18FNO2/c1-9(16)14(5-6-14)10-3-4-11-13(12(10)15)18-8-2-7-17-11/h3-4,9H,2,5-8,16H2,1H3. The van der Waals surface area contributed by atoms with Gasteiger partial charge in [-0.2, -0.15) is 0 Å². The zero-order chi connectivity index (χ0) is 12.8. The second-order valence-electron chi connectivity index (χ2n) is 5.25. The molecule has 0 amide bonds. The Kier molecular flexibility index (Phi) is 2.70. The number of benzene rings is 1. The largest absolute Gasteiger partial charge is 0.489 e. The molecule has 3 rings (SSSR count). The summed E-state index contributed by atoms with van der Waals surface area (Å²) in [7, 11) is 0. The van der Waals surface area contributed by atoms with Crippen LogP contribution in [0, 0.1) is 5.82 Å². The predicted octanol–water partition coefficient (Wildman–Crippen LogP) is 2.37. The van der Waals surface area contributed by atoms with Crippen molar-refractivity contribution < 1.29 is 13.9 Å². The Bertz CT molecular complexity index is 469. The van der Waals surface area contributed by atoms with Crippen LogP contribution in [0.5, 0.6) is 11.5 Å². The van der Waals surface area contributed by atoms with Crippen LogP contribution in [0.4, 0.5) is 4.39 Å². The number of fused-ring (bicyclic) bond motifs is 1. The molecule has 18 heavy (non-hydrogen) atoms. The van der Waals surface area contributed by atoms with E-state index in [2.05, 4.69) is 0 Å². The molecule has 0 aromatic heterocycles. The van der Waals surface area contributed by atoms with E-state index >= 15 is 0 Å². The highest BCUT2D eigenvalue weighted by Gasteiger charge is 2.49. The Labute approximate surface area is 106 Å². The zero-order valence-corrected chi connectivity index (χ0v) is 10.5. The van der Waals surface area contributed by atoms with E-state index in [4.69, 9.17) is 15.2 Å². The molecule has 1 aromatic carbocycles. The van der Waals surface area contributed by atoms with Crippen LogP contribution in [0.15, 0.2) is 12.1 Å². The molecule has 1 fully saturated rings. The van der Waals surface area contributed by atoms with E-state index in [0.29, 0.717) is 24.5 Å². The van der Waals surface area contributed by atoms with Gasteiger partial charge in [-0.1, -0.05) is 6.07 Å². The molecule has 0 bridgehead atoms. The molecule has 1 aromatic rings. The monoisotopic (exact) mass is 251 g/mol. The van der Waals surface area contributed by atoms with Crippen molar-refractivity contribution >= 4 is 0 Å². The van der Waals surface area contributed by atoms with Gasteiger partial charge < -0.3 is 15.2 Å². The number of hydrogen-bond acceptors (Lipinski definition) is 3. The minimum Gasteiger partial charge on any atom is -0.489 e. The molecule has 0 saturated heterocycles. The molecular formula is C14H18FNO2. The molecule has 1 atom stereocenters. The smallest absolute Gasteiger partial charge is 0.197 e. The molecule has 2 aliphatic rings. The van der Waals surface area contributed by atoms with Gasteiger partial charge >= 0.3 is 0 Å². The van der Waals surface area contributed by atoms with Crippen LogP contribution in [0.25, 0.3) is 0 Å². The van der Waals surface area contributed by atoms with E-state index < -0.39 is 0 Å². The lowest BCUT2D eigenvalue weighted by Crippen LogP contribution is -2.32. The van der Waals surface area contributed by atoms with E-state index in [1.54, 1.807) is 6.07 Å². The summed E-state index contributed by atoms with van der Waals surface area (Å²) in [5.74, 6) is 0.482. The summed E-state index contributed by atoms with van der Waals surface area (Å²) < 4.78 is 25.5. The van der Waals surface area contributed by atoms with Crippen LogP contribution in [0.3, 0.4) is 0 Å². The van der Waals surface area contributed by atoms with Gasteiger partial charge in [0.2, 0.25) is 0 Å². The van der Waals surface area contributed by atoms with Gasteiger partial charge in [0, 0.05) is 17.9 Å². The number of hydrogen-bond donors (Lipinski definition) is 1. The second kappa shape index (κ2) is 4.12. The Hall–Kier alpha value is -1.29. The van der Waals surface area contributed by atoms with Gasteiger partial charge in [-0.05, 0) is 31.4 Å². The van der Waals surface area contributed by atoms with E-state index in [1.165, 1.54) is 0 Å². The Morgan fingerprint density at radius 1 is 1.28 bits per heavy atom. The Balaban J connectivity index is 2.05. The number of nitrogens with two attached hydrogens (primary N) is 1. The molecule has 0 radical (unpaired) electrons. The molecular weight excluding hydrogens is 233 g/mol. The van der Waals surface area contributed by atoms with E-state index in [9.17, 15) is 4.39 Å². The molecule has 3 nitrogen and oxygen atoms in total. The predicted molar refractivity (Wildman–Crippen MR) is 66.6 cm³/mol. The van der Waals surface area contributed by atoms with Gasteiger partial charge in [-0.25, -0.2) is 4.39 Å². The second-order valence-corrected chi connectivity index (χ2v) is 5.25. The van der Waals surface area contributed by atoms with Crippen molar-refractivity contribution in [2.24, 2.45) is 5.73 Å². The maximum absolute atomic E-state index is 14.6. The molecule has 2 N–H and O–H groups in total. The first kappa shape index (κ1) is 11.8. The zero-order valence-electron chi connectivity index (χ0n) is 10.5. The van der Waals surface area contributed by atoms with Gasteiger partial charge in [0.25, 0.3) is 0 Å². The highest BCUT2D eigenvalue weighted by atomic mass is 19.1. The molecule has 1 saturated carbocycles. The molecule has 1 aliphatic heterocycles. The highest BCUT2D eigenvalue weighted by molar-refractivity contribution is 5.49. The topological polar surface area (TPSA) is 44.5 Å². The summed E-state index contributed by atoms with van der Waals surface area (Å²) in [5.41, 5.74) is 6.48. The van der Waals surface area contributed by atoms with Crippen molar-refractivity contribution in [1.29, 1.82) is 0 Å². The van der Waals surface area contributed by atoms with Crippen molar-refractivity contribution in [3.8, 4) is 11.5 Å². The lowest BCUT2D eigenvalue weighted by molar-refractivity contribution is 0.291. The third kappa shape index (κ3) is 1.67. The summed E-state index contributed by atoms with van der Waals surface area (Å²) in [6.07, 6.45) is 2.67. The van der Waals surface area contributed by atoms with Crippen molar-refractivity contribution in [1.82, 2.24) is 0 Å². The van der Waals surface area contributed by atoms with E-state index in [-0.39, 0.29) is 23.0 Å². The third-order valence-corrected chi connectivity index (χ3v) is 4.05. The van der Waals surface area contributed by atoms with E-state index in [1.807, 2.05) is 13.0 Å². The molecule has 4 heteroatoms. The van der Waals surface area contributed by atoms with Gasteiger partial charge in [-0.3, -0.25) is 0 Å². The lowest BCUT2D eigenvalue weighted by atomic mass is 9.89. The van der Waals surface area contributed by atoms with Crippen LogP contribution in [-0.2, 0) is 5.41 Å². The maximum atomic E-state index is 14.6. The summed E-state index contributed by atoms with van der Waals surface area (Å²) >= 11 is 0. The maximum Gasteiger partial charge on any atom is 0.197 e. The molecule has 1 heterocycles. The van der Waals surface area contributed by atoms with Crippen molar-refractivity contribution in [2.45, 2.75) is 37.6 Å². The average molecular weight is 251 g/mol. The fraction of sp³-hybridized carbons (Fsp3) is 0.571. The van der Waals surface area contributed by atoms with Crippen LogP contribution in [-0.4, -0.2) is 19.3 Å². The molecule has 1 aliphatic carbocycles. The minimum absolute atomic E-state index is 0.0447. The van der Waals surface area contributed by atoms with Crippen LogP contribution >= 0.6 is 0 Å². The van der Waals surface area contributed by atoms with E-state index in [0.717, 1.165) is 19.3 Å². The summed E-state index contributed by atoms with van der Waals surface area (Å²) in [4.78, 5) is 0. The Morgan fingerprint density at radius 2 is 2.00 bits per heavy atom. The number of halogens is 1. The fourth-order valence-electron chi connectivity index (χ4n) is 2.69. The van der Waals surface area contributed by atoms with Crippen molar-refractivity contribution in [3.63, 3.8) is 0 Å². The summed E-state index contributed by atoms with van der Waals surface area (Å²) in [6.45, 7) is 3.01. The molecule has 0 spiro atoms. The van der Waals surface area contributed by atoms with Gasteiger partial charge in [0.1, 0.15) is 0 Å². The first-order valence-electron chi connectivity index (χ1n) is 6.49. The first-order valence-corrected chi connectivity index (χ1v) is 6.49. The number of ether oxygens (including phenoxy) is 2. The highest BCUT2D eigenvalue weighted by Crippen LogP contribution is 2.53. The average Bonchev–Trinajstić information content (AvgIpc) is 3.13. The van der Waals surface area contributed by atoms with Gasteiger partial charge in [0.15, 0.2) is 17.3 Å². The quantitative estimate of drug-likeness (QED) is 0.877. The minimum atomic E-state index is -0.288. The van der Waals surface area contributed by atoms with Crippen molar-refractivity contribution in [3.05, 3.63) is 23.5 Å². The first-order chi connectivity index (χ1) is 8.65. The fourth-order valence-corrected chi connectivity index (χ4v) is 2.69. The van der Waals surface area contributed by atoms with Crippen molar-refractivity contribution in [2.75, 3.05) is 13.2 Å². The summed E-state index contributed by atoms with van der Waals surface area (Å²) in [6, 6.07) is 3.57. The van der Waals surface area contributed by atoms with Crippen LogP contribution in [0.2, 0.25) is 0 Å². The van der Waals surface area contributed by atoms with Crippen LogP contribution < -0.4 is 15.2 Å². The normalized spacial score (nSPS) is 22.2. The number of rotatable bonds is 2. The third-order valence-electron chi connectivity index (χ3n) is 4.05. The van der Waals surface area contributed by atoms with Crippen LogP contribution in [0.1, 0.15) is 31.7 Å². The lowest BCUT2D eigenvalue weighted by Gasteiger charge is -2.22. The molecule has 98 valence electrons. The molecule has 1 unspecified atom stereocenters. The van der Waals surface area contributed by atoms with Gasteiger partial charge in [0.05, 0.1) is 13.2 Å².